The average molecular weight is 228 g/mol. The summed E-state index contributed by atoms with van der Waals surface area (Å²) < 4.78 is 27.9. The second-order valence-electron chi connectivity index (χ2n) is 2.88. The van der Waals surface area contributed by atoms with E-state index in [0.717, 1.165) is 6.07 Å². The van der Waals surface area contributed by atoms with E-state index in [0.29, 0.717) is 0 Å². The highest BCUT2D eigenvalue weighted by atomic mass is 19.1. The van der Waals surface area contributed by atoms with Gasteiger partial charge in [-0.05, 0) is 19.1 Å². The van der Waals surface area contributed by atoms with Crippen LogP contribution in [0.4, 0.5) is 4.39 Å². The molecule has 0 aromatic heterocycles. The fraction of sp³-hybridized carbons (Fsp3) is 0.364. The van der Waals surface area contributed by atoms with Crippen LogP contribution in [0.1, 0.15) is 17.3 Å². The van der Waals surface area contributed by atoms with Gasteiger partial charge in [-0.2, -0.15) is 0 Å². The first kappa shape index (κ1) is 12.3. The molecule has 0 aliphatic carbocycles. The molecule has 0 bridgehead atoms. The summed E-state index contributed by atoms with van der Waals surface area (Å²) in [5.41, 5.74) is 0.141. The summed E-state index contributed by atoms with van der Waals surface area (Å²) in [5, 5.41) is 0. The maximum absolute atomic E-state index is 13.3. The van der Waals surface area contributed by atoms with E-state index >= 15 is 0 Å². The standard InChI is InChI=1S/C11H13FO4/c1-4-16-11(13)7-5-6-8(12)10(15-3)9(7)14-2/h5-6H,4H2,1-3H3. The zero-order chi connectivity index (χ0) is 12.1. The second-order valence-corrected chi connectivity index (χ2v) is 2.88. The number of methoxy groups -OCH3 is 2. The van der Waals surface area contributed by atoms with E-state index in [1.165, 1.54) is 20.3 Å². The Hall–Kier alpha value is -1.78. The van der Waals surface area contributed by atoms with Gasteiger partial charge in [0.15, 0.2) is 17.3 Å². The monoisotopic (exact) mass is 228 g/mol. The van der Waals surface area contributed by atoms with Crippen LogP contribution in [0, 0.1) is 5.82 Å². The second kappa shape index (κ2) is 5.34. The molecule has 0 radical (unpaired) electrons. The third kappa shape index (κ3) is 2.24. The Balaban J connectivity index is 3.24. The summed E-state index contributed by atoms with van der Waals surface area (Å²) in [6.07, 6.45) is 0. The van der Waals surface area contributed by atoms with Crippen molar-refractivity contribution in [2.24, 2.45) is 0 Å². The first-order valence-corrected chi connectivity index (χ1v) is 4.73. The predicted octanol–water partition coefficient (Wildman–Crippen LogP) is 2.02. The Morgan fingerprint density at radius 2 is 1.88 bits per heavy atom. The number of hydrogen-bond acceptors (Lipinski definition) is 4. The minimum Gasteiger partial charge on any atom is -0.492 e. The van der Waals surface area contributed by atoms with Crippen molar-refractivity contribution in [3.63, 3.8) is 0 Å². The maximum Gasteiger partial charge on any atom is 0.342 e. The normalized spacial score (nSPS) is 9.75. The lowest BCUT2D eigenvalue weighted by atomic mass is 10.2. The van der Waals surface area contributed by atoms with Crippen LogP contribution in [0.5, 0.6) is 11.5 Å². The van der Waals surface area contributed by atoms with E-state index in [1.54, 1.807) is 6.92 Å². The van der Waals surface area contributed by atoms with Crippen molar-refractivity contribution in [3.8, 4) is 11.5 Å². The molecule has 1 aromatic rings. The Morgan fingerprint density at radius 3 is 2.38 bits per heavy atom. The van der Waals surface area contributed by atoms with Gasteiger partial charge in [-0.25, -0.2) is 9.18 Å². The van der Waals surface area contributed by atoms with E-state index in [1.807, 2.05) is 0 Å². The van der Waals surface area contributed by atoms with Gasteiger partial charge in [0.05, 0.1) is 20.8 Å². The molecule has 88 valence electrons. The van der Waals surface area contributed by atoms with Crippen LogP contribution in [0.15, 0.2) is 12.1 Å². The molecule has 0 amide bonds. The highest BCUT2D eigenvalue weighted by Gasteiger charge is 2.20. The Labute approximate surface area is 92.9 Å². The van der Waals surface area contributed by atoms with Gasteiger partial charge in [-0.15, -0.1) is 0 Å². The molecule has 0 saturated heterocycles. The Kier molecular flexibility index (Phi) is 4.10. The van der Waals surface area contributed by atoms with Crippen molar-refractivity contribution < 1.29 is 23.4 Å². The molecular formula is C11H13FO4. The lowest BCUT2D eigenvalue weighted by Gasteiger charge is -2.12. The molecule has 0 aliphatic rings. The molecule has 0 heterocycles. The number of carbonyl (C=O) groups is 1. The number of benzene rings is 1. The van der Waals surface area contributed by atoms with Crippen molar-refractivity contribution in [2.75, 3.05) is 20.8 Å². The summed E-state index contributed by atoms with van der Waals surface area (Å²) in [4.78, 5) is 11.5. The SMILES string of the molecule is CCOC(=O)c1ccc(F)c(OC)c1OC. The molecule has 0 spiro atoms. The van der Waals surface area contributed by atoms with Crippen LogP contribution in [0.25, 0.3) is 0 Å². The van der Waals surface area contributed by atoms with Gasteiger partial charge in [-0.3, -0.25) is 0 Å². The van der Waals surface area contributed by atoms with E-state index < -0.39 is 11.8 Å². The highest BCUT2D eigenvalue weighted by Crippen LogP contribution is 2.33. The number of hydrogen-bond donors (Lipinski definition) is 0. The fourth-order valence-electron chi connectivity index (χ4n) is 1.30. The fourth-order valence-corrected chi connectivity index (χ4v) is 1.30. The van der Waals surface area contributed by atoms with Crippen molar-refractivity contribution in [1.82, 2.24) is 0 Å². The van der Waals surface area contributed by atoms with Gasteiger partial charge in [0.2, 0.25) is 0 Å². The van der Waals surface area contributed by atoms with Crippen LogP contribution in [0.3, 0.4) is 0 Å². The van der Waals surface area contributed by atoms with Crippen molar-refractivity contribution in [1.29, 1.82) is 0 Å². The first-order chi connectivity index (χ1) is 7.65. The van der Waals surface area contributed by atoms with Crippen molar-refractivity contribution >= 4 is 5.97 Å². The molecule has 16 heavy (non-hydrogen) atoms. The molecule has 0 saturated carbocycles. The first-order valence-electron chi connectivity index (χ1n) is 4.73. The van der Waals surface area contributed by atoms with Gasteiger partial charge in [-0.1, -0.05) is 0 Å². The average Bonchev–Trinajstić information content (AvgIpc) is 2.28. The summed E-state index contributed by atoms with van der Waals surface area (Å²) in [6, 6.07) is 2.43. The molecule has 4 nitrogen and oxygen atoms in total. The van der Waals surface area contributed by atoms with E-state index in [2.05, 4.69) is 0 Å². The smallest absolute Gasteiger partial charge is 0.342 e. The largest absolute Gasteiger partial charge is 0.492 e. The van der Waals surface area contributed by atoms with Crippen LogP contribution in [0.2, 0.25) is 0 Å². The van der Waals surface area contributed by atoms with Gasteiger partial charge in [0.1, 0.15) is 5.56 Å². The Bertz CT molecular complexity index is 390. The molecule has 0 fully saturated rings. The van der Waals surface area contributed by atoms with Crippen molar-refractivity contribution in [3.05, 3.63) is 23.5 Å². The minimum absolute atomic E-state index is 0.0425. The number of carbonyl (C=O) groups excluding carboxylic acids is 1. The number of esters is 1. The van der Waals surface area contributed by atoms with E-state index in [-0.39, 0.29) is 23.7 Å². The highest BCUT2D eigenvalue weighted by molar-refractivity contribution is 5.93. The van der Waals surface area contributed by atoms with Gasteiger partial charge >= 0.3 is 5.97 Å². The van der Waals surface area contributed by atoms with Crippen molar-refractivity contribution in [2.45, 2.75) is 6.92 Å². The molecule has 0 N–H and O–H groups in total. The summed E-state index contributed by atoms with van der Waals surface area (Å²) in [5.74, 6) is -1.22. The van der Waals surface area contributed by atoms with Crippen LogP contribution < -0.4 is 9.47 Å². The molecular weight excluding hydrogens is 215 g/mol. The van der Waals surface area contributed by atoms with Crippen LogP contribution in [-0.4, -0.2) is 26.8 Å². The van der Waals surface area contributed by atoms with Gasteiger partial charge in [0, 0.05) is 0 Å². The summed E-state index contributed by atoms with van der Waals surface area (Å²) in [7, 11) is 2.63. The number of ether oxygens (including phenoxy) is 3. The van der Waals surface area contributed by atoms with Gasteiger partial charge in [0.25, 0.3) is 0 Å². The molecule has 0 unspecified atom stereocenters. The maximum atomic E-state index is 13.3. The molecule has 0 atom stereocenters. The van der Waals surface area contributed by atoms with Crippen LogP contribution in [-0.2, 0) is 4.74 Å². The lowest BCUT2D eigenvalue weighted by molar-refractivity contribution is 0.0522. The van der Waals surface area contributed by atoms with E-state index in [4.69, 9.17) is 14.2 Å². The quantitative estimate of drug-likeness (QED) is 0.739. The summed E-state index contributed by atoms with van der Waals surface area (Å²) in [6.45, 7) is 1.92. The molecule has 0 aliphatic heterocycles. The molecule has 1 aromatic carbocycles. The molecule has 5 heteroatoms. The zero-order valence-electron chi connectivity index (χ0n) is 9.37. The van der Waals surface area contributed by atoms with Gasteiger partial charge < -0.3 is 14.2 Å². The van der Waals surface area contributed by atoms with Crippen LogP contribution >= 0.6 is 0 Å². The third-order valence-corrected chi connectivity index (χ3v) is 1.97. The summed E-state index contributed by atoms with van der Waals surface area (Å²) >= 11 is 0. The third-order valence-electron chi connectivity index (χ3n) is 1.97. The zero-order valence-corrected chi connectivity index (χ0v) is 9.37. The minimum atomic E-state index is -0.590. The number of rotatable bonds is 4. The molecule has 1 rings (SSSR count). The Morgan fingerprint density at radius 1 is 1.25 bits per heavy atom. The predicted molar refractivity (Wildman–Crippen MR) is 55.5 cm³/mol. The topological polar surface area (TPSA) is 44.8 Å². The number of halogens is 1. The van der Waals surface area contributed by atoms with E-state index in [9.17, 15) is 9.18 Å². The lowest BCUT2D eigenvalue weighted by Crippen LogP contribution is -2.08.